The minimum absolute atomic E-state index is 0.0874. The number of methoxy groups -OCH3 is 1. The van der Waals surface area contributed by atoms with Crippen molar-refractivity contribution in [1.29, 1.82) is 0 Å². The number of hydrogen-bond acceptors (Lipinski definition) is 4. The van der Waals surface area contributed by atoms with E-state index in [9.17, 15) is 10.1 Å². The van der Waals surface area contributed by atoms with E-state index in [1.807, 2.05) is 6.92 Å². The standard InChI is InChI=1S/C11H15ClN2O3/c1-8(5-6-17-2)13-9-3-4-10(12)11(7-9)14(15)16/h3-4,7-8,13H,5-6H2,1-2H3. The van der Waals surface area contributed by atoms with E-state index in [0.717, 1.165) is 6.42 Å². The Morgan fingerprint density at radius 1 is 1.59 bits per heavy atom. The van der Waals surface area contributed by atoms with Crippen LogP contribution in [0.1, 0.15) is 13.3 Å². The van der Waals surface area contributed by atoms with Gasteiger partial charge in [-0.1, -0.05) is 11.6 Å². The van der Waals surface area contributed by atoms with Gasteiger partial charge in [-0.25, -0.2) is 0 Å². The van der Waals surface area contributed by atoms with Crippen LogP contribution >= 0.6 is 11.6 Å². The van der Waals surface area contributed by atoms with E-state index in [1.165, 1.54) is 12.1 Å². The molecule has 0 aromatic heterocycles. The Balaban J connectivity index is 2.72. The Kier molecular flexibility index (Phi) is 5.18. The largest absolute Gasteiger partial charge is 0.385 e. The lowest BCUT2D eigenvalue weighted by atomic mass is 10.2. The van der Waals surface area contributed by atoms with Crippen LogP contribution in [0.4, 0.5) is 11.4 Å². The van der Waals surface area contributed by atoms with Crippen molar-refractivity contribution in [2.75, 3.05) is 19.0 Å². The molecule has 0 fully saturated rings. The monoisotopic (exact) mass is 258 g/mol. The molecular formula is C11H15ClN2O3. The summed E-state index contributed by atoms with van der Waals surface area (Å²) in [6.07, 6.45) is 0.826. The average molecular weight is 259 g/mol. The van der Waals surface area contributed by atoms with Crippen molar-refractivity contribution < 1.29 is 9.66 Å². The summed E-state index contributed by atoms with van der Waals surface area (Å²) in [5, 5.41) is 14.0. The third-order valence-corrected chi connectivity index (χ3v) is 2.63. The predicted molar refractivity (Wildman–Crippen MR) is 67.7 cm³/mol. The first kappa shape index (κ1) is 13.7. The minimum atomic E-state index is -0.493. The van der Waals surface area contributed by atoms with Gasteiger partial charge in [0.1, 0.15) is 5.02 Å². The molecule has 0 aliphatic carbocycles. The van der Waals surface area contributed by atoms with Crippen molar-refractivity contribution in [2.45, 2.75) is 19.4 Å². The maximum atomic E-state index is 10.7. The Hall–Kier alpha value is -1.33. The van der Waals surface area contributed by atoms with E-state index in [1.54, 1.807) is 13.2 Å². The number of nitro groups is 1. The summed E-state index contributed by atoms with van der Waals surface area (Å²) in [4.78, 5) is 10.2. The fourth-order valence-corrected chi connectivity index (χ4v) is 1.58. The van der Waals surface area contributed by atoms with Crippen molar-refractivity contribution in [2.24, 2.45) is 0 Å². The lowest BCUT2D eigenvalue weighted by Gasteiger charge is -2.14. The zero-order valence-corrected chi connectivity index (χ0v) is 10.5. The van der Waals surface area contributed by atoms with Crippen molar-refractivity contribution in [3.05, 3.63) is 33.3 Å². The molecule has 1 atom stereocenters. The Labute approximate surface area is 105 Å². The van der Waals surface area contributed by atoms with E-state index < -0.39 is 4.92 Å². The van der Waals surface area contributed by atoms with Crippen LogP contribution in [0.5, 0.6) is 0 Å². The summed E-state index contributed by atoms with van der Waals surface area (Å²) in [6.45, 7) is 2.63. The highest BCUT2D eigenvalue weighted by Crippen LogP contribution is 2.27. The second kappa shape index (κ2) is 6.42. The number of anilines is 1. The second-order valence-corrected chi connectivity index (χ2v) is 4.16. The van der Waals surface area contributed by atoms with E-state index in [0.29, 0.717) is 12.3 Å². The smallest absolute Gasteiger partial charge is 0.289 e. The SMILES string of the molecule is COCCC(C)Nc1ccc(Cl)c([N+](=O)[O-])c1. The molecule has 6 heteroatoms. The molecule has 0 radical (unpaired) electrons. The first-order valence-electron chi connectivity index (χ1n) is 5.24. The lowest BCUT2D eigenvalue weighted by Crippen LogP contribution is -2.17. The van der Waals surface area contributed by atoms with Gasteiger partial charge in [-0.15, -0.1) is 0 Å². The van der Waals surface area contributed by atoms with Gasteiger partial charge < -0.3 is 10.1 Å². The summed E-state index contributed by atoms with van der Waals surface area (Å²) in [5.74, 6) is 0. The summed E-state index contributed by atoms with van der Waals surface area (Å²) in [7, 11) is 1.64. The molecule has 1 aromatic rings. The normalized spacial score (nSPS) is 12.2. The first-order chi connectivity index (χ1) is 8.04. The second-order valence-electron chi connectivity index (χ2n) is 3.75. The number of hydrogen-bond donors (Lipinski definition) is 1. The van der Waals surface area contributed by atoms with Gasteiger partial charge in [0.05, 0.1) is 4.92 Å². The molecule has 0 spiro atoms. The Bertz CT molecular complexity index is 398. The highest BCUT2D eigenvalue weighted by Gasteiger charge is 2.13. The first-order valence-corrected chi connectivity index (χ1v) is 5.61. The quantitative estimate of drug-likeness (QED) is 0.629. The molecule has 1 N–H and O–H groups in total. The number of nitrogens with one attached hydrogen (secondary N) is 1. The van der Waals surface area contributed by atoms with Crippen LogP contribution in [0.25, 0.3) is 0 Å². The minimum Gasteiger partial charge on any atom is -0.385 e. The van der Waals surface area contributed by atoms with Gasteiger partial charge in [0.25, 0.3) is 5.69 Å². The van der Waals surface area contributed by atoms with E-state index in [2.05, 4.69) is 5.32 Å². The molecule has 94 valence electrons. The van der Waals surface area contributed by atoms with Crippen LogP contribution in [0.15, 0.2) is 18.2 Å². The fraction of sp³-hybridized carbons (Fsp3) is 0.455. The Morgan fingerprint density at radius 3 is 2.88 bits per heavy atom. The lowest BCUT2D eigenvalue weighted by molar-refractivity contribution is -0.384. The van der Waals surface area contributed by atoms with Gasteiger partial charge in [0, 0.05) is 31.5 Å². The molecular weight excluding hydrogens is 244 g/mol. The van der Waals surface area contributed by atoms with Gasteiger partial charge in [0.2, 0.25) is 0 Å². The van der Waals surface area contributed by atoms with Gasteiger partial charge in [0.15, 0.2) is 0 Å². The Morgan fingerprint density at radius 2 is 2.29 bits per heavy atom. The molecule has 17 heavy (non-hydrogen) atoms. The van der Waals surface area contributed by atoms with E-state index >= 15 is 0 Å². The highest BCUT2D eigenvalue weighted by atomic mass is 35.5. The third kappa shape index (κ3) is 4.20. The van der Waals surface area contributed by atoms with Crippen LogP contribution in [-0.2, 0) is 4.74 Å². The van der Waals surface area contributed by atoms with Crippen LogP contribution in [-0.4, -0.2) is 24.7 Å². The molecule has 0 heterocycles. The zero-order valence-electron chi connectivity index (χ0n) is 9.77. The average Bonchev–Trinajstić information content (AvgIpc) is 2.28. The van der Waals surface area contributed by atoms with Crippen molar-refractivity contribution in [1.82, 2.24) is 0 Å². The number of halogens is 1. The summed E-state index contributed by atoms with van der Waals surface area (Å²) in [5.41, 5.74) is 0.598. The van der Waals surface area contributed by atoms with Gasteiger partial charge in [-0.3, -0.25) is 10.1 Å². The van der Waals surface area contributed by atoms with Crippen molar-refractivity contribution in [3.8, 4) is 0 Å². The van der Waals surface area contributed by atoms with Crippen LogP contribution in [0, 0.1) is 10.1 Å². The maximum Gasteiger partial charge on any atom is 0.289 e. The molecule has 0 aliphatic heterocycles. The number of ether oxygens (including phenoxy) is 1. The van der Waals surface area contributed by atoms with Gasteiger partial charge in [-0.2, -0.15) is 0 Å². The number of benzene rings is 1. The van der Waals surface area contributed by atoms with Crippen LogP contribution in [0.3, 0.4) is 0 Å². The number of rotatable bonds is 6. The van der Waals surface area contributed by atoms with Crippen molar-refractivity contribution >= 4 is 23.0 Å². The van der Waals surface area contributed by atoms with E-state index in [4.69, 9.17) is 16.3 Å². The molecule has 0 saturated heterocycles. The molecule has 5 nitrogen and oxygen atoms in total. The van der Waals surface area contributed by atoms with E-state index in [-0.39, 0.29) is 16.8 Å². The molecule has 1 unspecified atom stereocenters. The van der Waals surface area contributed by atoms with Crippen LogP contribution < -0.4 is 5.32 Å². The fourth-order valence-electron chi connectivity index (χ4n) is 1.39. The molecule has 0 bridgehead atoms. The summed E-state index contributed by atoms with van der Waals surface area (Å²) < 4.78 is 4.96. The van der Waals surface area contributed by atoms with Crippen LogP contribution in [0.2, 0.25) is 5.02 Å². The van der Waals surface area contributed by atoms with Gasteiger partial charge in [-0.05, 0) is 25.5 Å². The maximum absolute atomic E-state index is 10.7. The molecule has 1 aromatic carbocycles. The summed E-state index contributed by atoms with van der Waals surface area (Å²) >= 11 is 5.72. The topological polar surface area (TPSA) is 64.4 Å². The zero-order chi connectivity index (χ0) is 12.8. The highest BCUT2D eigenvalue weighted by molar-refractivity contribution is 6.32. The molecule has 0 saturated carbocycles. The summed E-state index contributed by atoms with van der Waals surface area (Å²) in [6, 6.07) is 4.85. The number of nitrogens with zero attached hydrogens (tertiary/aromatic N) is 1. The third-order valence-electron chi connectivity index (χ3n) is 2.31. The van der Waals surface area contributed by atoms with Crippen molar-refractivity contribution in [3.63, 3.8) is 0 Å². The predicted octanol–water partition coefficient (Wildman–Crippen LogP) is 3.09. The molecule has 0 amide bonds. The molecule has 1 rings (SSSR count). The van der Waals surface area contributed by atoms with Gasteiger partial charge >= 0.3 is 0 Å². The number of nitro benzene ring substituents is 1. The molecule has 0 aliphatic rings.